The van der Waals surface area contributed by atoms with E-state index in [2.05, 4.69) is 24.3 Å². The summed E-state index contributed by atoms with van der Waals surface area (Å²) in [4.78, 5) is 12.7. The molecule has 0 heterocycles. The van der Waals surface area contributed by atoms with Gasteiger partial charge in [0, 0.05) is 5.56 Å². The molecule has 0 saturated heterocycles. The van der Waals surface area contributed by atoms with Crippen LogP contribution in [0.2, 0.25) is 0 Å². The summed E-state index contributed by atoms with van der Waals surface area (Å²) in [5.74, 6) is 1.05. The van der Waals surface area contributed by atoms with Gasteiger partial charge in [0.15, 0.2) is 0 Å². The molecule has 4 heteroatoms. The molecular weight excluding hydrogens is 386 g/mol. The molecule has 3 atom stereocenters. The fraction of sp³-hybridized carbons (Fsp3) is 0.185. The van der Waals surface area contributed by atoms with Crippen molar-refractivity contribution in [1.29, 1.82) is 5.26 Å². The molecule has 2 aliphatic rings. The van der Waals surface area contributed by atoms with Crippen molar-refractivity contribution in [1.82, 2.24) is 0 Å². The number of benzene rings is 3. The lowest BCUT2D eigenvalue weighted by molar-refractivity contribution is -0.148. The number of allylic oxidation sites excluding steroid dienone is 1. The highest BCUT2D eigenvalue weighted by atomic mass is 16.5. The minimum atomic E-state index is -0.956. The number of para-hydroxylation sites is 1. The quantitative estimate of drug-likeness (QED) is 0.480. The third kappa shape index (κ3) is 4.08. The number of nitrogens with zero attached hydrogens (tertiary/aromatic N) is 1. The van der Waals surface area contributed by atoms with E-state index in [9.17, 15) is 10.1 Å². The molecule has 0 aromatic heterocycles. The van der Waals surface area contributed by atoms with Crippen molar-refractivity contribution in [2.45, 2.75) is 18.9 Å². The molecule has 1 saturated carbocycles. The third-order valence-corrected chi connectivity index (χ3v) is 5.85. The van der Waals surface area contributed by atoms with E-state index in [0.717, 1.165) is 12.8 Å². The lowest BCUT2D eigenvalue weighted by Gasteiger charge is -2.13. The van der Waals surface area contributed by atoms with Gasteiger partial charge in [-0.15, -0.1) is 0 Å². The van der Waals surface area contributed by atoms with Crippen LogP contribution in [0.25, 0.3) is 6.08 Å². The SMILES string of the molecule is N#CC(OC(=O)C1CC1C1=Cc2ccccc2C1)c1cccc(Oc2ccccc2)c1. The largest absolute Gasteiger partial charge is 0.457 e. The highest BCUT2D eigenvalue weighted by Crippen LogP contribution is 2.49. The predicted octanol–water partition coefficient (Wildman–Crippen LogP) is 5.86. The van der Waals surface area contributed by atoms with Crippen LogP contribution in [0.15, 0.2) is 84.4 Å². The first-order valence-corrected chi connectivity index (χ1v) is 10.4. The van der Waals surface area contributed by atoms with Crippen LogP contribution in [0.1, 0.15) is 29.2 Å². The van der Waals surface area contributed by atoms with E-state index in [4.69, 9.17) is 9.47 Å². The van der Waals surface area contributed by atoms with Gasteiger partial charge in [-0.25, -0.2) is 0 Å². The summed E-state index contributed by atoms with van der Waals surface area (Å²) in [6, 6.07) is 27.0. The number of esters is 1. The molecule has 0 spiro atoms. The predicted molar refractivity (Wildman–Crippen MR) is 117 cm³/mol. The average molecular weight is 407 g/mol. The Labute approximate surface area is 181 Å². The zero-order valence-electron chi connectivity index (χ0n) is 16.9. The molecule has 3 aromatic carbocycles. The lowest BCUT2D eigenvalue weighted by atomic mass is 10.1. The van der Waals surface area contributed by atoms with Gasteiger partial charge in [-0.1, -0.05) is 66.2 Å². The fourth-order valence-electron chi connectivity index (χ4n) is 4.15. The van der Waals surface area contributed by atoms with E-state index in [1.54, 1.807) is 18.2 Å². The summed E-state index contributed by atoms with van der Waals surface area (Å²) < 4.78 is 11.4. The molecule has 0 bridgehead atoms. The fourth-order valence-corrected chi connectivity index (χ4v) is 4.15. The molecule has 31 heavy (non-hydrogen) atoms. The molecule has 3 unspecified atom stereocenters. The standard InChI is InChI=1S/C27H21NO3/c28-17-26(20-9-6-12-23(15-20)30-22-10-2-1-3-11-22)31-27(29)25-16-24(25)21-13-18-7-4-5-8-19(18)14-21/h1-13,15,24-26H,14,16H2. The van der Waals surface area contributed by atoms with Gasteiger partial charge in [-0.3, -0.25) is 4.79 Å². The number of nitriles is 1. The third-order valence-electron chi connectivity index (χ3n) is 5.85. The van der Waals surface area contributed by atoms with E-state index in [1.165, 1.54) is 16.7 Å². The molecule has 0 amide bonds. The van der Waals surface area contributed by atoms with E-state index in [-0.39, 0.29) is 17.8 Å². The summed E-state index contributed by atoms with van der Waals surface area (Å²) in [7, 11) is 0. The molecule has 3 aromatic rings. The summed E-state index contributed by atoms with van der Waals surface area (Å²) in [6.45, 7) is 0. The highest BCUT2D eigenvalue weighted by Gasteiger charge is 2.47. The molecule has 0 aliphatic heterocycles. The first kappa shape index (κ1) is 19.1. The van der Waals surface area contributed by atoms with Crippen LogP contribution < -0.4 is 4.74 Å². The Bertz CT molecular complexity index is 1190. The van der Waals surface area contributed by atoms with Crippen molar-refractivity contribution in [2.24, 2.45) is 11.8 Å². The number of hydrogen-bond donors (Lipinski definition) is 0. The molecule has 2 aliphatic carbocycles. The molecule has 0 radical (unpaired) electrons. The molecular formula is C27H21NO3. The van der Waals surface area contributed by atoms with Crippen molar-refractivity contribution in [3.63, 3.8) is 0 Å². The zero-order valence-corrected chi connectivity index (χ0v) is 16.9. The van der Waals surface area contributed by atoms with Gasteiger partial charge in [-0.2, -0.15) is 5.26 Å². The van der Waals surface area contributed by atoms with Crippen LogP contribution in [-0.4, -0.2) is 5.97 Å². The van der Waals surface area contributed by atoms with Crippen molar-refractivity contribution in [2.75, 3.05) is 0 Å². The van der Waals surface area contributed by atoms with Gasteiger partial charge < -0.3 is 9.47 Å². The lowest BCUT2D eigenvalue weighted by Crippen LogP contribution is -2.13. The van der Waals surface area contributed by atoms with Gasteiger partial charge in [0.05, 0.1) is 5.92 Å². The Morgan fingerprint density at radius 2 is 1.74 bits per heavy atom. The van der Waals surface area contributed by atoms with Gasteiger partial charge in [0.2, 0.25) is 6.10 Å². The Morgan fingerprint density at radius 3 is 2.55 bits per heavy atom. The topological polar surface area (TPSA) is 59.3 Å². The van der Waals surface area contributed by atoms with Crippen LogP contribution >= 0.6 is 0 Å². The summed E-state index contributed by atoms with van der Waals surface area (Å²) in [5.41, 5.74) is 4.44. The second kappa shape index (κ2) is 8.12. The molecule has 5 rings (SSSR count). The van der Waals surface area contributed by atoms with Gasteiger partial charge in [-0.05, 0) is 54.2 Å². The van der Waals surface area contributed by atoms with Gasteiger partial charge in [0.25, 0.3) is 0 Å². The van der Waals surface area contributed by atoms with Crippen LogP contribution in [0, 0.1) is 23.2 Å². The van der Waals surface area contributed by atoms with Crippen molar-refractivity contribution < 1.29 is 14.3 Å². The molecule has 4 nitrogen and oxygen atoms in total. The molecule has 1 fully saturated rings. The van der Waals surface area contributed by atoms with E-state index in [0.29, 0.717) is 17.1 Å². The summed E-state index contributed by atoms with van der Waals surface area (Å²) in [6.07, 6.45) is 2.92. The Hall–Kier alpha value is -3.84. The summed E-state index contributed by atoms with van der Waals surface area (Å²) in [5, 5.41) is 9.63. The van der Waals surface area contributed by atoms with E-state index in [1.807, 2.05) is 48.5 Å². The number of hydrogen-bond acceptors (Lipinski definition) is 4. The minimum Gasteiger partial charge on any atom is -0.457 e. The number of fused-ring (bicyclic) bond motifs is 1. The van der Waals surface area contributed by atoms with Crippen LogP contribution in [0.3, 0.4) is 0 Å². The highest BCUT2D eigenvalue weighted by molar-refractivity contribution is 5.79. The normalized spacial score (nSPS) is 19.5. The average Bonchev–Trinajstić information content (AvgIpc) is 3.49. The van der Waals surface area contributed by atoms with E-state index >= 15 is 0 Å². The van der Waals surface area contributed by atoms with Crippen LogP contribution in [0.4, 0.5) is 0 Å². The van der Waals surface area contributed by atoms with Crippen molar-refractivity contribution >= 4 is 12.0 Å². The van der Waals surface area contributed by atoms with Crippen LogP contribution in [0.5, 0.6) is 11.5 Å². The van der Waals surface area contributed by atoms with Gasteiger partial charge >= 0.3 is 5.97 Å². The number of ether oxygens (including phenoxy) is 2. The Morgan fingerprint density at radius 1 is 0.968 bits per heavy atom. The molecule has 0 N–H and O–H groups in total. The number of rotatable bonds is 6. The van der Waals surface area contributed by atoms with Crippen LogP contribution in [-0.2, 0) is 16.0 Å². The van der Waals surface area contributed by atoms with Gasteiger partial charge in [0.1, 0.15) is 17.6 Å². The first-order valence-electron chi connectivity index (χ1n) is 10.4. The second-order valence-corrected chi connectivity index (χ2v) is 7.98. The second-order valence-electron chi connectivity index (χ2n) is 7.98. The number of carbonyl (C=O) groups is 1. The Balaban J connectivity index is 1.23. The van der Waals surface area contributed by atoms with Crippen molar-refractivity contribution in [3.8, 4) is 17.6 Å². The smallest absolute Gasteiger partial charge is 0.311 e. The maximum absolute atomic E-state index is 12.7. The Kier molecular flexibility index (Phi) is 5.01. The monoisotopic (exact) mass is 407 g/mol. The maximum atomic E-state index is 12.7. The maximum Gasteiger partial charge on any atom is 0.311 e. The molecule has 152 valence electrons. The van der Waals surface area contributed by atoms with Crippen molar-refractivity contribution in [3.05, 3.63) is 101 Å². The zero-order chi connectivity index (χ0) is 21.2. The summed E-state index contributed by atoms with van der Waals surface area (Å²) >= 11 is 0. The number of carbonyl (C=O) groups excluding carboxylic acids is 1. The first-order chi connectivity index (χ1) is 15.2. The van der Waals surface area contributed by atoms with E-state index < -0.39 is 6.10 Å². The minimum absolute atomic E-state index is 0.167.